The number of esters is 1. The maximum atomic E-state index is 10.1. The van der Waals surface area contributed by atoms with Crippen LogP contribution in [0.1, 0.15) is 111 Å². The molecule has 0 unspecified atom stereocenters. The number of carbonyl (C=O) groups is 2. The van der Waals surface area contributed by atoms with E-state index in [1.807, 2.05) is 0 Å². The van der Waals surface area contributed by atoms with Gasteiger partial charge in [-0.05, 0) is 13.3 Å². The zero-order valence-corrected chi connectivity index (χ0v) is 15.9. The van der Waals surface area contributed by atoms with Crippen molar-refractivity contribution >= 4 is 12.3 Å². The maximum absolute atomic E-state index is 10.1. The fourth-order valence-corrected chi connectivity index (χ4v) is 2.45. The topological polar surface area (TPSA) is 43.4 Å². The van der Waals surface area contributed by atoms with Crippen LogP contribution in [0.3, 0.4) is 0 Å². The first kappa shape index (κ1) is 24.4. The molecule has 0 aromatic rings. The second-order valence-corrected chi connectivity index (χ2v) is 6.12. The summed E-state index contributed by atoms with van der Waals surface area (Å²) in [6.07, 6.45) is 19.6. The van der Waals surface area contributed by atoms with Gasteiger partial charge in [-0.15, -0.1) is 0 Å². The normalized spacial score (nSPS) is 9.87. The highest BCUT2D eigenvalue weighted by Gasteiger charge is 1.93. The summed E-state index contributed by atoms with van der Waals surface area (Å²) in [5.41, 5.74) is 0. The predicted octanol–water partition coefficient (Wildman–Crippen LogP) is 6.24. The molecule has 0 atom stereocenters. The Balaban J connectivity index is 0. The van der Waals surface area contributed by atoms with Crippen LogP contribution >= 0.6 is 0 Å². The van der Waals surface area contributed by atoms with Gasteiger partial charge in [0, 0.05) is 13.3 Å². The van der Waals surface area contributed by atoms with Crippen LogP contribution in [0, 0.1) is 0 Å². The van der Waals surface area contributed by atoms with Crippen molar-refractivity contribution in [1.82, 2.24) is 0 Å². The van der Waals surface area contributed by atoms with Gasteiger partial charge in [0.1, 0.15) is 6.29 Å². The average Bonchev–Trinajstić information content (AvgIpc) is 2.52. The largest absolute Gasteiger partial charge is 0.466 e. The fourth-order valence-electron chi connectivity index (χ4n) is 2.45. The summed E-state index contributed by atoms with van der Waals surface area (Å²) in [6.45, 7) is 5.93. The number of unbranched alkanes of at least 4 members (excludes halogenated alkanes) is 13. The molecule has 0 aliphatic heterocycles. The van der Waals surface area contributed by atoms with Crippen LogP contribution in [0.15, 0.2) is 0 Å². The van der Waals surface area contributed by atoms with Crippen molar-refractivity contribution in [2.24, 2.45) is 0 Å². The standard InChI is InChI=1S/C16H32O.C4H8O2/c1-2-3-4-5-6-7-8-9-10-11-12-13-14-15-16-17;1-3-6-4(2)5/h16H,2-15H2,1H3;3H2,1-2H3. The van der Waals surface area contributed by atoms with E-state index in [9.17, 15) is 9.59 Å². The van der Waals surface area contributed by atoms with Gasteiger partial charge < -0.3 is 9.53 Å². The molecule has 3 nitrogen and oxygen atoms in total. The van der Waals surface area contributed by atoms with Gasteiger partial charge in [-0.3, -0.25) is 4.79 Å². The molecule has 3 heteroatoms. The molecule has 0 saturated carbocycles. The molecule has 138 valence electrons. The van der Waals surface area contributed by atoms with Crippen molar-refractivity contribution < 1.29 is 14.3 Å². The van der Waals surface area contributed by atoms with Gasteiger partial charge in [0.25, 0.3) is 0 Å². The Hall–Kier alpha value is -0.860. The molecule has 0 amide bonds. The Kier molecular flexibility index (Phi) is 24.8. The lowest BCUT2D eigenvalue weighted by Gasteiger charge is -2.02. The Morgan fingerprint density at radius 2 is 1.13 bits per heavy atom. The van der Waals surface area contributed by atoms with E-state index >= 15 is 0 Å². The van der Waals surface area contributed by atoms with Crippen LogP contribution in [0.5, 0.6) is 0 Å². The van der Waals surface area contributed by atoms with Gasteiger partial charge >= 0.3 is 5.97 Å². The summed E-state index contributed by atoms with van der Waals surface area (Å²) >= 11 is 0. The third-order valence-electron chi connectivity index (χ3n) is 3.77. The molecule has 0 aliphatic rings. The molecule has 0 spiro atoms. The molecular formula is C20H40O3. The lowest BCUT2D eigenvalue weighted by molar-refractivity contribution is -0.140. The second-order valence-electron chi connectivity index (χ2n) is 6.12. The zero-order chi connectivity index (χ0) is 17.6. The minimum absolute atomic E-state index is 0.211. The van der Waals surface area contributed by atoms with Crippen LogP contribution in [-0.4, -0.2) is 18.9 Å². The van der Waals surface area contributed by atoms with Crippen LogP contribution in [0.25, 0.3) is 0 Å². The SMILES string of the molecule is CCCCCCCCCCCCCCCC=O.CCOC(C)=O. The smallest absolute Gasteiger partial charge is 0.302 e. The van der Waals surface area contributed by atoms with E-state index < -0.39 is 0 Å². The van der Waals surface area contributed by atoms with Crippen LogP contribution in [-0.2, 0) is 14.3 Å². The Bertz CT molecular complexity index is 239. The van der Waals surface area contributed by atoms with Gasteiger partial charge in [0.15, 0.2) is 0 Å². The summed E-state index contributed by atoms with van der Waals surface area (Å²) in [5, 5.41) is 0. The Labute approximate surface area is 144 Å². The minimum Gasteiger partial charge on any atom is -0.466 e. The van der Waals surface area contributed by atoms with Gasteiger partial charge in [-0.1, -0.05) is 84.0 Å². The van der Waals surface area contributed by atoms with E-state index in [1.165, 1.54) is 84.0 Å². The van der Waals surface area contributed by atoms with E-state index in [0.29, 0.717) is 6.61 Å². The molecular weight excluding hydrogens is 288 g/mol. The van der Waals surface area contributed by atoms with Gasteiger partial charge in [-0.25, -0.2) is 0 Å². The van der Waals surface area contributed by atoms with E-state index in [2.05, 4.69) is 11.7 Å². The van der Waals surface area contributed by atoms with Crippen molar-refractivity contribution in [1.29, 1.82) is 0 Å². The molecule has 0 bridgehead atoms. The lowest BCUT2D eigenvalue weighted by atomic mass is 10.0. The molecule has 23 heavy (non-hydrogen) atoms. The molecule has 0 rings (SSSR count). The van der Waals surface area contributed by atoms with E-state index in [-0.39, 0.29) is 5.97 Å². The molecule has 0 radical (unpaired) electrons. The maximum Gasteiger partial charge on any atom is 0.302 e. The number of hydrogen-bond donors (Lipinski definition) is 0. The molecule has 0 aromatic carbocycles. The highest BCUT2D eigenvalue weighted by molar-refractivity contribution is 5.65. The van der Waals surface area contributed by atoms with Crippen molar-refractivity contribution in [3.05, 3.63) is 0 Å². The third-order valence-corrected chi connectivity index (χ3v) is 3.77. The average molecular weight is 329 g/mol. The number of aldehydes is 1. The van der Waals surface area contributed by atoms with Gasteiger partial charge in [0.05, 0.1) is 6.61 Å². The first-order valence-electron chi connectivity index (χ1n) is 9.76. The second kappa shape index (κ2) is 23.4. The number of rotatable bonds is 15. The molecule has 0 aliphatic carbocycles. The number of ether oxygens (including phenoxy) is 1. The van der Waals surface area contributed by atoms with Gasteiger partial charge in [-0.2, -0.15) is 0 Å². The molecule has 0 heterocycles. The van der Waals surface area contributed by atoms with E-state index in [4.69, 9.17) is 0 Å². The Morgan fingerprint density at radius 1 is 0.739 bits per heavy atom. The van der Waals surface area contributed by atoms with Crippen LogP contribution < -0.4 is 0 Å². The van der Waals surface area contributed by atoms with Crippen molar-refractivity contribution in [2.45, 2.75) is 111 Å². The first-order valence-corrected chi connectivity index (χ1v) is 9.76. The Morgan fingerprint density at radius 3 is 1.39 bits per heavy atom. The van der Waals surface area contributed by atoms with Crippen LogP contribution in [0.4, 0.5) is 0 Å². The molecule has 0 saturated heterocycles. The quantitative estimate of drug-likeness (QED) is 0.203. The van der Waals surface area contributed by atoms with E-state index in [1.54, 1.807) is 6.92 Å². The lowest BCUT2D eigenvalue weighted by Crippen LogP contribution is -1.95. The molecule has 0 N–H and O–H groups in total. The van der Waals surface area contributed by atoms with Crippen molar-refractivity contribution in [3.8, 4) is 0 Å². The zero-order valence-electron chi connectivity index (χ0n) is 15.9. The third kappa shape index (κ3) is 29.7. The molecule has 0 aromatic heterocycles. The predicted molar refractivity (Wildman–Crippen MR) is 98.7 cm³/mol. The number of hydrogen-bond acceptors (Lipinski definition) is 3. The summed E-state index contributed by atoms with van der Waals surface area (Å²) in [6, 6.07) is 0. The first-order chi connectivity index (χ1) is 11.2. The number of carbonyl (C=O) groups excluding carboxylic acids is 2. The van der Waals surface area contributed by atoms with E-state index in [0.717, 1.165) is 19.1 Å². The summed E-state index contributed by atoms with van der Waals surface area (Å²) in [4.78, 5) is 19.9. The summed E-state index contributed by atoms with van der Waals surface area (Å²) in [5.74, 6) is -0.211. The summed E-state index contributed by atoms with van der Waals surface area (Å²) < 4.78 is 4.40. The van der Waals surface area contributed by atoms with Crippen molar-refractivity contribution in [3.63, 3.8) is 0 Å². The van der Waals surface area contributed by atoms with Gasteiger partial charge in [0.2, 0.25) is 0 Å². The monoisotopic (exact) mass is 328 g/mol. The fraction of sp³-hybridized carbons (Fsp3) is 0.900. The highest BCUT2D eigenvalue weighted by atomic mass is 16.5. The molecule has 0 fully saturated rings. The van der Waals surface area contributed by atoms with Crippen LogP contribution in [0.2, 0.25) is 0 Å². The minimum atomic E-state index is -0.211. The van der Waals surface area contributed by atoms with Crippen molar-refractivity contribution in [2.75, 3.05) is 6.61 Å². The summed E-state index contributed by atoms with van der Waals surface area (Å²) in [7, 11) is 0. The highest BCUT2D eigenvalue weighted by Crippen LogP contribution is 2.12.